The average Bonchev–Trinajstić information content (AvgIpc) is 3.16. The summed E-state index contributed by atoms with van der Waals surface area (Å²) in [4.78, 5) is 57.4. The van der Waals surface area contributed by atoms with Crippen LogP contribution in [0.3, 0.4) is 0 Å². The summed E-state index contributed by atoms with van der Waals surface area (Å²) in [7, 11) is 0. The second kappa shape index (κ2) is 18.6. The lowest BCUT2D eigenvalue weighted by molar-refractivity contribution is -0.384. The Morgan fingerprint density at radius 1 is 1.06 bits per heavy atom. The molecule has 4 aromatic carbocycles. The molecule has 0 fully saturated rings. The summed E-state index contributed by atoms with van der Waals surface area (Å²) in [5, 5.41) is 14.3. The highest BCUT2D eigenvalue weighted by Crippen LogP contribution is 2.35. The zero-order valence-corrected chi connectivity index (χ0v) is 32.8. The topological polar surface area (TPSA) is 131 Å². The molecule has 0 atom stereocenters. The molecule has 1 N–H and O–H groups in total. The molecule has 4 aromatic rings. The molecule has 10 nitrogen and oxygen atoms in total. The van der Waals surface area contributed by atoms with E-state index in [9.17, 15) is 24.5 Å². The molecule has 0 radical (unpaired) electrons. The van der Waals surface area contributed by atoms with Crippen molar-refractivity contribution in [3.63, 3.8) is 0 Å². The maximum Gasteiger partial charge on any atom is 0.285 e. The minimum atomic E-state index is -0.749. The number of ether oxygens (including phenoxy) is 1. The second-order valence-electron chi connectivity index (χ2n) is 11.3. The normalized spacial score (nSPS) is 14.1. The molecule has 1 heterocycles. The van der Waals surface area contributed by atoms with Crippen LogP contribution in [0.25, 0.3) is 6.08 Å². The van der Waals surface area contributed by atoms with E-state index in [4.69, 9.17) is 4.74 Å². The number of halogens is 2. The van der Waals surface area contributed by atoms with Crippen molar-refractivity contribution in [3.8, 4) is 5.75 Å². The van der Waals surface area contributed by atoms with Crippen molar-refractivity contribution in [1.29, 1.82) is 0 Å². The van der Waals surface area contributed by atoms with Crippen LogP contribution in [0, 0.1) is 13.7 Å². The molecule has 13 heteroatoms. The SMILES string of the molecule is C=C/C=C\C(=C/C)N1C(=O)/C(=C/c2cc(Br)c(OCc3cccc([N+](=O)[O-])c3)c(I)c2)C(=O)N=C1SCC(=O)NC(c1ccccc1)c1ccccc1. The molecular weight excluding hydrogens is 871 g/mol. The zero-order chi connectivity index (χ0) is 37.9. The van der Waals surface area contributed by atoms with Crippen molar-refractivity contribution in [1.82, 2.24) is 10.2 Å². The minimum Gasteiger partial charge on any atom is -0.487 e. The Morgan fingerprint density at radius 2 is 1.74 bits per heavy atom. The number of amidine groups is 1. The van der Waals surface area contributed by atoms with Gasteiger partial charge in [-0.2, -0.15) is 4.99 Å². The number of allylic oxidation sites excluding steroid dienone is 4. The molecule has 0 spiro atoms. The van der Waals surface area contributed by atoms with Gasteiger partial charge >= 0.3 is 0 Å². The number of amides is 3. The summed E-state index contributed by atoms with van der Waals surface area (Å²) < 4.78 is 7.21. The van der Waals surface area contributed by atoms with Crippen molar-refractivity contribution < 1.29 is 24.0 Å². The van der Waals surface area contributed by atoms with Gasteiger partial charge in [0.25, 0.3) is 17.5 Å². The lowest BCUT2D eigenvalue weighted by atomic mass is 9.99. The number of nitro groups is 1. The van der Waals surface area contributed by atoms with E-state index in [0.29, 0.717) is 30.6 Å². The van der Waals surface area contributed by atoms with Gasteiger partial charge in [-0.05, 0) is 92.0 Å². The van der Waals surface area contributed by atoms with Gasteiger partial charge in [0.15, 0.2) is 5.17 Å². The number of hydrogen-bond acceptors (Lipinski definition) is 7. The van der Waals surface area contributed by atoms with Crippen LogP contribution in [0.1, 0.15) is 35.2 Å². The number of carbonyl (C=O) groups is 3. The van der Waals surface area contributed by atoms with E-state index < -0.39 is 22.8 Å². The second-order valence-corrected chi connectivity index (χ2v) is 14.3. The zero-order valence-electron chi connectivity index (χ0n) is 28.3. The standard InChI is InChI=1S/C40H32BrIN4O6S/c1-3-5-18-30(4-2)45-39(49)32(21-27-22-33(41)37(34(42)23-27)52-24-26-13-12-19-31(20-26)46(50)51)38(48)44-40(45)53-25-35(47)43-36(28-14-8-6-9-15-28)29-16-10-7-11-17-29/h3-23,36H,1,24-25H2,2H3,(H,43,47)/b18-5-,30-4+,32-21+. The summed E-state index contributed by atoms with van der Waals surface area (Å²) in [5.74, 6) is -1.30. The Bertz CT molecular complexity index is 2110. The van der Waals surface area contributed by atoms with E-state index in [1.54, 1.807) is 55.5 Å². The van der Waals surface area contributed by atoms with Gasteiger partial charge in [-0.25, -0.2) is 0 Å². The van der Waals surface area contributed by atoms with E-state index in [1.807, 2.05) is 60.7 Å². The molecule has 1 aliphatic rings. The van der Waals surface area contributed by atoms with Crippen LogP contribution in [0.5, 0.6) is 5.75 Å². The fourth-order valence-corrected chi connectivity index (χ4v) is 7.85. The third-order valence-electron chi connectivity index (χ3n) is 7.75. The number of carbonyl (C=O) groups excluding carboxylic acids is 3. The van der Waals surface area contributed by atoms with Crippen LogP contribution in [0.4, 0.5) is 5.69 Å². The Morgan fingerprint density at radius 3 is 2.34 bits per heavy atom. The Hall–Kier alpha value is -5.12. The quantitative estimate of drug-likeness (QED) is 0.0354. The van der Waals surface area contributed by atoms with Crippen molar-refractivity contribution in [2.45, 2.75) is 19.6 Å². The molecule has 268 valence electrons. The van der Waals surface area contributed by atoms with Crippen LogP contribution in [-0.2, 0) is 21.0 Å². The van der Waals surface area contributed by atoms with Crippen molar-refractivity contribution in [2.24, 2.45) is 4.99 Å². The van der Waals surface area contributed by atoms with E-state index in [-0.39, 0.29) is 34.7 Å². The molecule has 0 saturated heterocycles. The lowest BCUT2D eigenvalue weighted by Gasteiger charge is -2.28. The highest BCUT2D eigenvalue weighted by atomic mass is 127. The predicted molar refractivity (Wildman–Crippen MR) is 220 cm³/mol. The van der Waals surface area contributed by atoms with Crippen LogP contribution >= 0.6 is 50.3 Å². The molecule has 0 aliphatic carbocycles. The van der Waals surface area contributed by atoms with E-state index >= 15 is 0 Å². The molecule has 5 rings (SSSR count). The van der Waals surface area contributed by atoms with E-state index in [2.05, 4.69) is 55.4 Å². The van der Waals surface area contributed by atoms with Crippen molar-refractivity contribution >= 4 is 84.9 Å². The molecule has 53 heavy (non-hydrogen) atoms. The smallest absolute Gasteiger partial charge is 0.285 e. The predicted octanol–water partition coefficient (Wildman–Crippen LogP) is 8.93. The first-order chi connectivity index (χ1) is 25.6. The highest BCUT2D eigenvalue weighted by molar-refractivity contribution is 14.1. The summed E-state index contributed by atoms with van der Waals surface area (Å²) in [6.07, 6.45) is 8.05. The van der Waals surface area contributed by atoms with Crippen LogP contribution in [0.2, 0.25) is 0 Å². The molecule has 0 unspecified atom stereocenters. The fourth-order valence-electron chi connectivity index (χ4n) is 5.28. The Kier molecular flexibility index (Phi) is 13.7. The lowest BCUT2D eigenvalue weighted by Crippen LogP contribution is -2.42. The number of thioether (sulfide) groups is 1. The number of nitrogens with zero attached hydrogens (tertiary/aromatic N) is 3. The maximum atomic E-state index is 14.1. The first kappa shape index (κ1) is 39.1. The molecule has 3 amide bonds. The summed E-state index contributed by atoms with van der Waals surface area (Å²) in [5.41, 5.74) is 3.19. The monoisotopic (exact) mass is 902 g/mol. The van der Waals surface area contributed by atoms with Gasteiger partial charge in [-0.15, -0.1) is 0 Å². The molecule has 1 aliphatic heterocycles. The summed E-state index contributed by atoms with van der Waals surface area (Å²) >= 11 is 6.59. The third kappa shape index (κ3) is 10.1. The van der Waals surface area contributed by atoms with E-state index in [0.717, 1.165) is 22.9 Å². The van der Waals surface area contributed by atoms with Crippen molar-refractivity contribution in [3.05, 3.63) is 180 Å². The van der Waals surface area contributed by atoms with Crippen LogP contribution in [0.15, 0.2) is 149 Å². The first-order valence-corrected chi connectivity index (χ1v) is 19.0. The van der Waals surface area contributed by atoms with Gasteiger partial charge in [-0.1, -0.05) is 109 Å². The number of rotatable bonds is 13. The number of nitro benzene ring substituents is 1. The third-order valence-corrected chi connectivity index (χ3v) is 10.1. The molecule has 0 aromatic heterocycles. The van der Waals surface area contributed by atoms with Gasteiger partial charge in [0.05, 0.1) is 24.8 Å². The van der Waals surface area contributed by atoms with E-state index in [1.165, 1.54) is 23.1 Å². The number of aliphatic imine (C=N–C) groups is 1. The number of nitrogens with one attached hydrogen (secondary N) is 1. The van der Waals surface area contributed by atoms with Crippen molar-refractivity contribution in [2.75, 3.05) is 5.75 Å². The summed E-state index contributed by atoms with van der Waals surface area (Å²) in [6.45, 7) is 5.55. The molecular formula is C40H32BrIN4O6S. The molecule has 0 bridgehead atoms. The highest BCUT2D eigenvalue weighted by Gasteiger charge is 2.35. The largest absolute Gasteiger partial charge is 0.487 e. The van der Waals surface area contributed by atoms with Crippen LogP contribution < -0.4 is 10.1 Å². The van der Waals surface area contributed by atoms with Gasteiger partial charge in [-0.3, -0.25) is 29.4 Å². The van der Waals surface area contributed by atoms with Gasteiger partial charge in [0, 0.05) is 17.8 Å². The summed E-state index contributed by atoms with van der Waals surface area (Å²) in [6, 6.07) is 28.4. The Labute approximate surface area is 332 Å². The first-order valence-electron chi connectivity index (χ1n) is 16.1. The van der Waals surface area contributed by atoms with Gasteiger partial charge in [0.2, 0.25) is 5.91 Å². The number of hydrogen-bond donors (Lipinski definition) is 1. The van der Waals surface area contributed by atoms with Crippen LogP contribution in [-0.4, -0.2) is 38.5 Å². The average molecular weight is 904 g/mol. The molecule has 0 saturated carbocycles. The Balaban J connectivity index is 1.39. The maximum absolute atomic E-state index is 14.1. The van der Waals surface area contributed by atoms with Gasteiger partial charge in [0.1, 0.15) is 17.9 Å². The number of benzene rings is 4. The number of non-ortho nitro benzene ring substituents is 1. The fraction of sp³-hybridized carbons (Fsp3) is 0.100. The minimum absolute atomic E-state index is 0.0361. The van der Waals surface area contributed by atoms with Gasteiger partial charge < -0.3 is 10.1 Å².